The number of carbonyl (C=O) groups is 2. The molecule has 0 saturated carbocycles. The third-order valence-electron chi connectivity index (χ3n) is 2.93. The van der Waals surface area contributed by atoms with Gasteiger partial charge in [0.05, 0.1) is 7.11 Å². The lowest BCUT2D eigenvalue weighted by Crippen LogP contribution is -1.95. The van der Waals surface area contributed by atoms with Gasteiger partial charge in [0, 0.05) is 11.6 Å². The minimum atomic E-state index is -0.876. The molecule has 2 rings (SSSR count). The molecule has 0 unspecified atom stereocenters. The fourth-order valence-corrected chi connectivity index (χ4v) is 1.66. The van der Waals surface area contributed by atoms with E-state index < -0.39 is 5.97 Å². The lowest BCUT2D eigenvalue weighted by Gasteiger charge is -1.93. The monoisotopic (exact) mass is 324 g/mol. The van der Waals surface area contributed by atoms with Crippen LogP contribution in [0, 0.1) is 0 Å². The number of rotatable bonds is 4. The van der Waals surface area contributed by atoms with E-state index in [-0.39, 0.29) is 5.97 Å². The summed E-state index contributed by atoms with van der Waals surface area (Å²) in [7, 11) is 1.36. The van der Waals surface area contributed by atoms with Crippen molar-refractivity contribution in [3.8, 4) is 0 Å². The lowest BCUT2D eigenvalue weighted by molar-refractivity contribution is -0.135. The number of carbonyl (C=O) groups excluding carboxylic acids is 1. The zero-order valence-electron chi connectivity index (χ0n) is 13.7. The zero-order valence-corrected chi connectivity index (χ0v) is 13.7. The summed E-state index contributed by atoms with van der Waals surface area (Å²) in [6.45, 7) is 1.58. The SMILES string of the molecule is CC(=Cc1ccccc1)C(=O)O.COC(=O)/C=C/c1ccccc1. The summed E-state index contributed by atoms with van der Waals surface area (Å²) in [4.78, 5) is 21.1. The molecule has 2 aromatic carbocycles. The molecule has 4 nitrogen and oxygen atoms in total. The Morgan fingerprint density at radius 1 is 0.917 bits per heavy atom. The number of benzene rings is 2. The van der Waals surface area contributed by atoms with Crippen molar-refractivity contribution in [3.63, 3.8) is 0 Å². The normalized spacial score (nSPS) is 10.7. The van der Waals surface area contributed by atoms with Gasteiger partial charge >= 0.3 is 11.9 Å². The molecule has 2 aromatic rings. The Bertz CT molecular complexity index is 699. The molecule has 0 aromatic heterocycles. The van der Waals surface area contributed by atoms with Crippen molar-refractivity contribution >= 4 is 24.1 Å². The number of carboxylic acid groups (broad SMARTS) is 1. The zero-order chi connectivity index (χ0) is 17.8. The molecule has 0 bridgehead atoms. The molecule has 124 valence electrons. The van der Waals surface area contributed by atoms with Gasteiger partial charge in [-0.3, -0.25) is 0 Å². The largest absolute Gasteiger partial charge is 0.478 e. The molecule has 4 heteroatoms. The van der Waals surface area contributed by atoms with Crippen LogP contribution in [-0.2, 0) is 14.3 Å². The van der Waals surface area contributed by atoms with E-state index in [0.29, 0.717) is 5.57 Å². The molecule has 0 aliphatic carbocycles. The maximum absolute atomic E-state index is 10.7. The van der Waals surface area contributed by atoms with Crippen molar-refractivity contribution in [1.29, 1.82) is 0 Å². The Morgan fingerprint density at radius 3 is 1.88 bits per heavy atom. The van der Waals surface area contributed by atoms with E-state index in [0.717, 1.165) is 11.1 Å². The molecule has 0 aliphatic rings. The number of aliphatic carboxylic acids is 1. The van der Waals surface area contributed by atoms with E-state index in [1.165, 1.54) is 13.2 Å². The molecular weight excluding hydrogens is 304 g/mol. The van der Waals surface area contributed by atoms with Crippen LogP contribution in [0.1, 0.15) is 18.1 Å². The minimum Gasteiger partial charge on any atom is -0.478 e. The number of hydrogen-bond donors (Lipinski definition) is 1. The third kappa shape index (κ3) is 7.75. The Morgan fingerprint density at radius 2 is 1.42 bits per heavy atom. The second-order valence-electron chi connectivity index (χ2n) is 4.81. The second kappa shape index (κ2) is 10.6. The van der Waals surface area contributed by atoms with Crippen LogP contribution in [0.15, 0.2) is 72.3 Å². The predicted molar refractivity (Wildman–Crippen MR) is 95.2 cm³/mol. The van der Waals surface area contributed by atoms with Gasteiger partial charge < -0.3 is 9.84 Å². The molecule has 0 amide bonds. The third-order valence-corrected chi connectivity index (χ3v) is 2.93. The van der Waals surface area contributed by atoms with Crippen LogP contribution in [0.2, 0.25) is 0 Å². The van der Waals surface area contributed by atoms with Crippen LogP contribution >= 0.6 is 0 Å². The van der Waals surface area contributed by atoms with E-state index >= 15 is 0 Å². The van der Waals surface area contributed by atoms with Crippen molar-refractivity contribution in [1.82, 2.24) is 0 Å². The van der Waals surface area contributed by atoms with Crippen LogP contribution in [0.3, 0.4) is 0 Å². The highest BCUT2D eigenvalue weighted by molar-refractivity contribution is 5.91. The van der Waals surface area contributed by atoms with Gasteiger partial charge in [-0.15, -0.1) is 0 Å². The van der Waals surface area contributed by atoms with Crippen molar-refractivity contribution in [3.05, 3.63) is 83.4 Å². The molecule has 0 fully saturated rings. The standard InChI is InChI=1S/2C10H10O2/c1-12-10(11)8-7-9-5-3-2-4-6-9;1-8(10(11)12)7-9-5-3-2-4-6-9/h2-8H,1H3;2-7H,1H3,(H,11,12)/b8-7+;. The topological polar surface area (TPSA) is 63.6 Å². The molecule has 1 N–H and O–H groups in total. The fraction of sp³-hybridized carbons (Fsp3) is 0.100. The van der Waals surface area contributed by atoms with Crippen LogP contribution < -0.4 is 0 Å². The average Bonchev–Trinajstić information content (AvgIpc) is 2.62. The predicted octanol–water partition coefficient (Wildman–Crippen LogP) is 4.05. The summed E-state index contributed by atoms with van der Waals surface area (Å²) < 4.78 is 4.45. The summed E-state index contributed by atoms with van der Waals surface area (Å²) in [5.41, 5.74) is 2.25. The van der Waals surface area contributed by atoms with Gasteiger partial charge in [-0.05, 0) is 30.2 Å². The molecule has 0 aliphatic heterocycles. The number of esters is 1. The number of ether oxygens (including phenoxy) is 1. The smallest absolute Gasteiger partial charge is 0.331 e. The van der Waals surface area contributed by atoms with Gasteiger partial charge in [-0.2, -0.15) is 0 Å². The van der Waals surface area contributed by atoms with E-state index in [4.69, 9.17) is 5.11 Å². The van der Waals surface area contributed by atoms with Gasteiger partial charge in [-0.25, -0.2) is 9.59 Å². The molecule has 0 atom stereocenters. The van der Waals surface area contributed by atoms with Crippen LogP contribution in [0.5, 0.6) is 0 Å². The van der Waals surface area contributed by atoms with E-state index in [1.54, 1.807) is 19.1 Å². The van der Waals surface area contributed by atoms with Crippen molar-refractivity contribution < 1.29 is 19.4 Å². The van der Waals surface area contributed by atoms with E-state index in [9.17, 15) is 9.59 Å². The van der Waals surface area contributed by atoms with Gasteiger partial charge in [0.1, 0.15) is 0 Å². The minimum absolute atomic E-state index is 0.334. The highest BCUT2D eigenvalue weighted by Crippen LogP contribution is 2.05. The first-order chi connectivity index (χ1) is 11.5. The van der Waals surface area contributed by atoms with E-state index in [1.807, 2.05) is 60.7 Å². The van der Waals surface area contributed by atoms with Gasteiger partial charge in [0.2, 0.25) is 0 Å². The fourth-order valence-electron chi connectivity index (χ4n) is 1.66. The molecule has 0 heterocycles. The van der Waals surface area contributed by atoms with Crippen molar-refractivity contribution in [2.75, 3.05) is 7.11 Å². The first kappa shape index (κ1) is 18.9. The first-order valence-corrected chi connectivity index (χ1v) is 7.30. The van der Waals surface area contributed by atoms with Gasteiger partial charge in [0.25, 0.3) is 0 Å². The summed E-state index contributed by atoms with van der Waals surface area (Å²) in [6, 6.07) is 19.0. The second-order valence-corrected chi connectivity index (χ2v) is 4.81. The van der Waals surface area contributed by atoms with Crippen molar-refractivity contribution in [2.24, 2.45) is 0 Å². The number of methoxy groups -OCH3 is 1. The average molecular weight is 324 g/mol. The summed E-state index contributed by atoms with van der Waals surface area (Å²) in [5, 5.41) is 8.58. The van der Waals surface area contributed by atoms with Crippen LogP contribution in [0.4, 0.5) is 0 Å². The Hall–Kier alpha value is -3.14. The summed E-state index contributed by atoms with van der Waals surface area (Å²) >= 11 is 0. The highest BCUT2D eigenvalue weighted by atomic mass is 16.5. The highest BCUT2D eigenvalue weighted by Gasteiger charge is 1.98. The number of carboxylic acids is 1. The Kier molecular flexibility index (Phi) is 8.32. The molecule has 0 radical (unpaired) electrons. The van der Waals surface area contributed by atoms with E-state index in [2.05, 4.69) is 4.74 Å². The summed E-state index contributed by atoms with van der Waals surface area (Å²) in [6.07, 6.45) is 4.75. The van der Waals surface area contributed by atoms with Gasteiger partial charge in [-0.1, -0.05) is 60.7 Å². The van der Waals surface area contributed by atoms with Crippen LogP contribution in [-0.4, -0.2) is 24.2 Å². The van der Waals surface area contributed by atoms with Crippen LogP contribution in [0.25, 0.3) is 12.2 Å². The quantitative estimate of drug-likeness (QED) is 0.681. The van der Waals surface area contributed by atoms with Crippen molar-refractivity contribution in [2.45, 2.75) is 6.92 Å². The maximum Gasteiger partial charge on any atom is 0.331 e. The first-order valence-electron chi connectivity index (χ1n) is 7.30. The number of hydrogen-bond acceptors (Lipinski definition) is 3. The van der Waals surface area contributed by atoms with Gasteiger partial charge in [0.15, 0.2) is 0 Å². The maximum atomic E-state index is 10.7. The molecule has 24 heavy (non-hydrogen) atoms. The molecular formula is C20H20O4. The molecule has 0 spiro atoms. The lowest BCUT2D eigenvalue weighted by atomic mass is 10.1. The summed E-state index contributed by atoms with van der Waals surface area (Å²) in [5.74, 6) is -1.21. The Balaban J connectivity index is 0.000000240. The molecule has 0 saturated heterocycles. The Labute approximate surface area is 141 Å².